The number of ether oxygens (including phenoxy) is 1. The van der Waals surface area contributed by atoms with Gasteiger partial charge in [0.05, 0.1) is 11.1 Å². The Bertz CT molecular complexity index is 689. The molecule has 0 bridgehead atoms. The second-order valence-corrected chi connectivity index (χ2v) is 4.79. The monoisotopic (exact) mass is 361 g/mol. The van der Waals surface area contributed by atoms with Crippen LogP contribution in [0.1, 0.15) is 15.9 Å². The molecule has 0 atom stereocenters. The number of halogens is 4. The number of aromatic carboxylic acids is 1. The summed E-state index contributed by atoms with van der Waals surface area (Å²) in [5.74, 6) is -1.25. The molecule has 4 nitrogen and oxygen atoms in total. The molecule has 21 heavy (non-hydrogen) atoms. The van der Waals surface area contributed by atoms with E-state index in [1.54, 1.807) is 0 Å². The van der Waals surface area contributed by atoms with Gasteiger partial charge < -0.3 is 9.84 Å². The standard InChI is InChI=1S/C13H7BrF3NO3/c14-10-5-11(18-6-9(10)12(19)20)21-8-3-1-2-7(4-8)13(15,16)17/h1-6H,(H,19,20). The highest BCUT2D eigenvalue weighted by molar-refractivity contribution is 9.10. The van der Waals surface area contributed by atoms with Crippen LogP contribution in [0.2, 0.25) is 0 Å². The second kappa shape index (κ2) is 5.72. The summed E-state index contributed by atoms with van der Waals surface area (Å²) in [6, 6.07) is 5.57. The van der Waals surface area contributed by atoms with Crippen molar-refractivity contribution in [3.8, 4) is 11.6 Å². The van der Waals surface area contributed by atoms with Crippen molar-refractivity contribution in [2.75, 3.05) is 0 Å². The number of carboxylic acid groups (broad SMARTS) is 1. The zero-order chi connectivity index (χ0) is 15.6. The lowest BCUT2D eigenvalue weighted by Gasteiger charge is -2.10. The lowest BCUT2D eigenvalue weighted by molar-refractivity contribution is -0.137. The Kier molecular flexibility index (Phi) is 4.17. The smallest absolute Gasteiger partial charge is 0.416 e. The summed E-state index contributed by atoms with van der Waals surface area (Å²) in [5, 5.41) is 8.84. The van der Waals surface area contributed by atoms with Crippen LogP contribution in [0.25, 0.3) is 0 Å². The van der Waals surface area contributed by atoms with Gasteiger partial charge in [-0.2, -0.15) is 13.2 Å². The fraction of sp³-hybridized carbons (Fsp3) is 0.0769. The zero-order valence-corrected chi connectivity index (χ0v) is 11.8. The Balaban J connectivity index is 2.27. The fourth-order valence-electron chi connectivity index (χ4n) is 1.48. The van der Waals surface area contributed by atoms with Crippen molar-refractivity contribution in [1.29, 1.82) is 0 Å². The van der Waals surface area contributed by atoms with E-state index in [9.17, 15) is 18.0 Å². The van der Waals surface area contributed by atoms with Crippen molar-refractivity contribution < 1.29 is 27.8 Å². The average Bonchev–Trinajstić information content (AvgIpc) is 2.37. The van der Waals surface area contributed by atoms with Crippen molar-refractivity contribution in [2.45, 2.75) is 6.18 Å². The number of benzene rings is 1. The molecule has 110 valence electrons. The number of aromatic nitrogens is 1. The molecule has 0 saturated carbocycles. The fourth-order valence-corrected chi connectivity index (χ4v) is 1.95. The van der Waals surface area contributed by atoms with Crippen LogP contribution in [0.3, 0.4) is 0 Å². The number of hydrogen-bond acceptors (Lipinski definition) is 3. The average molecular weight is 362 g/mol. The first kappa shape index (κ1) is 15.3. The van der Waals surface area contributed by atoms with Gasteiger partial charge >= 0.3 is 12.1 Å². The molecule has 1 aromatic heterocycles. The molecule has 0 radical (unpaired) electrons. The van der Waals surface area contributed by atoms with Crippen LogP contribution in [-0.2, 0) is 6.18 Å². The molecule has 2 rings (SSSR count). The van der Waals surface area contributed by atoms with Gasteiger partial charge in [-0.05, 0) is 34.1 Å². The van der Waals surface area contributed by atoms with Gasteiger partial charge in [0.1, 0.15) is 5.75 Å². The van der Waals surface area contributed by atoms with Crippen LogP contribution in [0, 0.1) is 0 Å². The summed E-state index contributed by atoms with van der Waals surface area (Å²) in [6.45, 7) is 0. The summed E-state index contributed by atoms with van der Waals surface area (Å²) < 4.78 is 43.1. The van der Waals surface area contributed by atoms with Crippen LogP contribution in [0.5, 0.6) is 11.6 Å². The molecule has 0 unspecified atom stereocenters. The van der Waals surface area contributed by atoms with Crippen molar-refractivity contribution in [1.82, 2.24) is 4.98 Å². The number of pyridine rings is 1. The number of alkyl halides is 3. The second-order valence-electron chi connectivity index (χ2n) is 3.94. The predicted octanol–water partition coefficient (Wildman–Crippen LogP) is 4.35. The van der Waals surface area contributed by atoms with Crippen LogP contribution in [0.4, 0.5) is 13.2 Å². The SMILES string of the molecule is O=C(O)c1cnc(Oc2cccc(C(F)(F)F)c2)cc1Br. The third-order valence-electron chi connectivity index (χ3n) is 2.44. The van der Waals surface area contributed by atoms with Gasteiger partial charge in [-0.3, -0.25) is 0 Å². The highest BCUT2D eigenvalue weighted by Crippen LogP contribution is 2.32. The maximum absolute atomic E-state index is 12.6. The van der Waals surface area contributed by atoms with Gasteiger partial charge in [0.25, 0.3) is 0 Å². The van der Waals surface area contributed by atoms with E-state index in [4.69, 9.17) is 9.84 Å². The highest BCUT2D eigenvalue weighted by atomic mass is 79.9. The summed E-state index contributed by atoms with van der Waals surface area (Å²) in [4.78, 5) is 14.5. The minimum Gasteiger partial charge on any atom is -0.478 e. The third kappa shape index (κ3) is 3.72. The van der Waals surface area contributed by atoms with Crippen LogP contribution >= 0.6 is 15.9 Å². The molecule has 0 spiro atoms. The Hall–Kier alpha value is -2.09. The van der Waals surface area contributed by atoms with E-state index >= 15 is 0 Å². The normalized spacial score (nSPS) is 11.2. The lowest BCUT2D eigenvalue weighted by Crippen LogP contribution is -2.04. The third-order valence-corrected chi connectivity index (χ3v) is 3.10. The molecule has 0 aliphatic heterocycles. The van der Waals surface area contributed by atoms with Crippen LogP contribution in [-0.4, -0.2) is 16.1 Å². The molecular formula is C13H7BrF3NO3. The quantitative estimate of drug-likeness (QED) is 0.882. The number of carbonyl (C=O) groups is 1. The Morgan fingerprint density at radius 3 is 2.57 bits per heavy atom. The molecule has 0 aliphatic carbocycles. The molecule has 2 aromatic rings. The predicted molar refractivity (Wildman–Crippen MR) is 70.4 cm³/mol. The van der Waals surface area contributed by atoms with Crippen molar-refractivity contribution in [3.05, 3.63) is 52.1 Å². The zero-order valence-electron chi connectivity index (χ0n) is 10.2. The van der Waals surface area contributed by atoms with Crippen LogP contribution < -0.4 is 4.74 Å². The largest absolute Gasteiger partial charge is 0.478 e. The molecule has 1 aromatic carbocycles. The van der Waals surface area contributed by atoms with E-state index in [2.05, 4.69) is 20.9 Å². The van der Waals surface area contributed by atoms with Gasteiger partial charge in [-0.1, -0.05) is 6.07 Å². The number of rotatable bonds is 3. The minimum absolute atomic E-state index is 0.0220. The molecule has 0 saturated heterocycles. The number of nitrogens with zero attached hydrogens (tertiary/aromatic N) is 1. The van der Waals surface area contributed by atoms with Gasteiger partial charge in [-0.25, -0.2) is 9.78 Å². The Labute approximate surface area is 125 Å². The summed E-state index contributed by atoms with van der Waals surface area (Å²) in [6.07, 6.45) is -3.42. The summed E-state index contributed by atoms with van der Waals surface area (Å²) in [5.41, 5.74) is -0.924. The summed E-state index contributed by atoms with van der Waals surface area (Å²) in [7, 11) is 0. The first-order valence-corrected chi connectivity index (χ1v) is 6.30. The first-order chi connectivity index (χ1) is 9.77. The lowest BCUT2D eigenvalue weighted by atomic mass is 10.2. The van der Waals surface area contributed by atoms with E-state index in [0.29, 0.717) is 0 Å². The maximum Gasteiger partial charge on any atom is 0.416 e. The first-order valence-electron chi connectivity index (χ1n) is 5.51. The molecule has 0 fully saturated rings. The molecule has 8 heteroatoms. The summed E-state index contributed by atoms with van der Waals surface area (Å²) >= 11 is 3.03. The van der Waals surface area contributed by atoms with Gasteiger partial charge in [-0.15, -0.1) is 0 Å². The molecule has 1 heterocycles. The van der Waals surface area contributed by atoms with Crippen molar-refractivity contribution in [2.24, 2.45) is 0 Å². The van der Waals surface area contributed by atoms with E-state index in [-0.39, 0.29) is 21.7 Å². The van der Waals surface area contributed by atoms with Crippen molar-refractivity contribution >= 4 is 21.9 Å². The number of hydrogen-bond donors (Lipinski definition) is 1. The van der Waals surface area contributed by atoms with Gasteiger partial charge in [0.15, 0.2) is 0 Å². The van der Waals surface area contributed by atoms with E-state index in [0.717, 1.165) is 18.3 Å². The highest BCUT2D eigenvalue weighted by Gasteiger charge is 2.30. The molecule has 1 N–H and O–H groups in total. The van der Waals surface area contributed by atoms with E-state index in [1.807, 2.05) is 0 Å². The van der Waals surface area contributed by atoms with E-state index < -0.39 is 17.7 Å². The van der Waals surface area contributed by atoms with Gasteiger partial charge in [0, 0.05) is 16.7 Å². The molecule has 0 aliphatic rings. The topological polar surface area (TPSA) is 59.4 Å². The Morgan fingerprint density at radius 2 is 2.00 bits per heavy atom. The number of carboxylic acids is 1. The Morgan fingerprint density at radius 1 is 1.29 bits per heavy atom. The van der Waals surface area contributed by atoms with Gasteiger partial charge in [0.2, 0.25) is 5.88 Å². The van der Waals surface area contributed by atoms with Crippen molar-refractivity contribution in [3.63, 3.8) is 0 Å². The van der Waals surface area contributed by atoms with E-state index in [1.165, 1.54) is 18.2 Å². The molecule has 0 amide bonds. The van der Waals surface area contributed by atoms with Crippen LogP contribution in [0.15, 0.2) is 41.0 Å². The maximum atomic E-state index is 12.6. The molecular weight excluding hydrogens is 355 g/mol. The minimum atomic E-state index is -4.47.